The van der Waals surface area contributed by atoms with E-state index < -0.39 is 47.9 Å². The van der Waals surface area contributed by atoms with Crippen LogP contribution in [0.1, 0.15) is 59.9 Å². The number of rotatable bonds is 14. The van der Waals surface area contributed by atoms with Crippen molar-refractivity contribution in [2.75, 3.05) is 0 Å². The second-order valence-electron chi connectivity index (χ2n) is 10.8. The number of fused-ring (bicyclic) bond motifs is 1. The van der Waals surface area contributed by atoms with Gasteiger partial charge in [-0.05, 0) is 35.8 Å². The van der Waals surface area contributed by atoms with E-state index in [9.17, 15) is 24.3 Å². The summed E-state index contributed by atoms with van der Waals surface area (Å²) in [5.41, 5.74) is 7.65. The molecule has 0 bridgehead atoms. The Morgan fingerprint density at radius 2 is 1.53 bits per heavy atom. The molecule has 0 aliphatic heterocycles. The fourth-order valence-electron chi connectivity index (χ4n) is 4.34. The number of benzene rings is 1. The highest BCUT2D eigenvalue weighted by atomic mass is 16.4. The normalized spacial score (nSPS) is 15.5. The third-order valence-corrected chi connectivity index (χ3v) is 6.82. The van der Waals surface area contributed by atoms with E-state index in [0.29, 0.717) is 12.8 Å². The average Bonchev–Trinajstić information content (AvgIpc) is 3.26. The van der Waals surface area contributed by atoms with E-state index in [1.54, 1.807) is 20.0 Å². The van der Waals surface area contributed by atoms with Crippen LogP contribution in [0.15, 0.2) is 30.5 Å². The second-order valence-corrected chi connectivity index (χ2v) is 10.8. The number of carbonyl (C=O) groups excluding carboxylic acids is 3. The monoisotopic (exact) mass is 529 g/mol. The molecule has 2 aromatic rings. The van der Waals surface area contributed by atoms with Gasteiger partial charge in [-0.25, -0.2) is 4.79 Å². The number of aromatic nitrogens is 1. The van der Waals surface area contributed by atoms with Crippen molar-refractivity contribution in [3.8, 4) is 0 Å². The maximum absolute atomic E-state index is 13.3. The quantitative estimate of drug-likeness (QED) is 0.220. The molecule has 1 aromatic heterocycles. The molecule has 210 valence electrons. The van der Waals surface area contributed by atoms with Crippen molar-refractivity contribution >= 4 is 34.6 Å². The summed E-state index contributed by atoms with van der Waals surface area (Å²) in [6, 6.07) is 3.68. The Morgan fingerprint density at radius 1 is 0.921 bits per heavy atom. The van der Waals surface area contributed by atoms with Crippen LogP contribution in [-0.4, -0.2) is 57.9 Å². The van der Waals surface area contributed by atoms with Gasteiger partial charge in [0.25, 0.3) is 0 Å². The highest BCUT2D eigenvalue weighted by Gasteiger charge is 2.34. The lowest BCUT2D eigenvalue weighted by Gasteiger charge is -2.29. The predicted molar refractivity (Wildman–Crippen MR) is 147 cm³/mol. The number of aliphatic carboxylic acids is 1. The number of carboxylic acid groups (broad SMARTS) is 1. The molecule has 7 N–H and O–H groups in total. The number of carbonyl (C=O) groups is 4. The van der Waals surface area contributed by atoms with Gasteiger partial charge >= 0.3 is 5.97 Å². The maximum atomic E-state index is 13.3. The Bertz CT molecular complexity index is 1110. The molecule has 0 aliphatic rings. The molecule has 0 fully saturated rings. The summed E-state index contributed by atoms with van der Waals surface area (Å²) >= 11 is 0. The van der Waals surface area contributed by atoms with E-state index in [2.05, 4.69) is 20.9 Å². The summed E-state index contributed by atoms with van der Waals surface area (Å²) < 4.78 is 0. The van der Waals surface area contributed by atoms with Crippen LogP contribution in [0.5, 0.6) is 0 Å². The lowest BCUT2D eigenvalue weighted by atomic mass is 9.95. The molecule has 0 aliphatic carbocycles. The van der Waals surface area contributed by atoms with Gasteiger partial charge in [0.1, 0.15) is 18.1 Å². The first-order valence-electron chi connectivity index (χ1n) is 13.3. The van der Waals surface area contributed by atoms with Crippen molar-refractivity contribution in [1.29, 1.82) is 0 Å². The van der Waals surface area contributed by atoms with Gasteiger partial charge in [-0.1, -0.05) is 66.2 Å². The molecular weight excluding hydrogens is 486 g/mol. The van der Waals surface area contributed by atoms with E-state index >= 15 is 0 Å². The van der Waals surface area contributed by atoms with Gasteiger partial charge in [0.15, 0.2) is 0 Å². The van der Waals surface area contributed by atoms with Gasteiger partial charge in [0, 0.05) is 23.5 Å². The van der Waals surface area contributed by atoms with Crippen molar-refractivity contribution in [2.45, 2.75) is 85.0 Å². The highest BCUT2D eigenvalue weighted by Crippen LogP contribution is 2.19. The highest BCUT2D eigenvalue weighted by molar-refractivity contribution is 5.94. The number of para-hydroxylation sites is 1. The number of nitrogens with two attached hydrogens (primary N) is 1. The first-order valence-corrected chi connectivity index (χ1v) is 13.3. The molecular formula is C28H43N5O5. The SMILES string of the molecule is CCC(C)C(NC(=O)C(N)CC(C)C)C(=O)NC(C(=O)NC(Cc1c[nH]c2ccccc12)C(=O)O)C(C)C. The predicted octanol–water partition coefficient (Wildman–Crippen LogP) is 2.32. The molecule has 0 spiro atoms. The van der Waals surface area contributed by atoms with Crippen LogP contribution < -0.4 is 21.7 Å². The van der Waals surface area contributed by atoms with Crippen molar-refractivity contribution < 1.29 is 24.3 Å². The minimum Gasteiger partial charge on any atom is -0.480 e. The summed E-state index contributed by atoms with van der Waals surface area (Å²) in [4.78, 5) is 54.4. The van der Waals surface area contributed by atoms with Crippen molar-refractivity contribution in [3.05, 3.63) is 36.0 Å². The van der Waals surface area contributed by atoms with E-state index in [1.165, 1.54) is 0 Å². The molecule has 2 rings (SSSR count). The fourth-order valence-corrected chi connectivity index (χ4v) is 4.34. The van der Waals surface area contributed by atoms with E-state index in [4.69, 9.17) is 5.73 Å². The molecule has 0 saturated carbocycles. The lowest BCUT2D eigenvalue weighted by Crippen LogP contribution is -2.60. The molecule has 0 radical (unpaired) electrons. The number of hydrogen-bond acceptors (Lipinski definition) is 5. The Morgan fingerprint density at radius 3 is 2.11 bits per heavy atom. The maximum Gasteiger partial charge on any atom is 0.326 e. The largest absolute Gasteiger partial charge is 0.480 e. The third kappa shape index (κ3) is 8.31. The van der Waals surface area contributed by atoms with Crippen LogP contribution >= 0.6 is 0 Å². The molecule has 10 heteroatoms. The van der Waals surface area contributed by atoms with Gasteiger partial charge in [-0.15, -0.1) is 0 Å². The molecule has 5 unspecified atom stereocenters. The number of nitrogens with one attached hydrogen (secondary N) is 4. The molecule has 0 saturated heterocycles. The summed E-state index contributed by atoms with van der Waals surface area (Å²) in [6.45, 7) is 11.2. The van der Waals surface area contributed by atoms with Gasteiger partial charge in [0.2, 0.25) is 17.7 Å². The summed E-state index contributed by atoms with van der Waals surface area (Å²) in [5.74, 6) is -3.05. The standard InChI is InChI=1S/C28H43N5O5/c1-7-17(6)24(33-25(34)20(29)12-15(2)3)27(36)32-23(16(4)5)26(35)31-22(28(37)38)13-18-14-30-21-11-9-8-10-19(18)21/h8-11,14-17,20,22-24,30H,7,12-13,29H2,1-6H3,(H,31,35)(H,32,36)(H,33,34)(H,37,38). The van der Waals surface area contributed by atoms with Crippen LogP contribution in [0.25, 0.3) is 10.9 Å². The molecule has 3 amide bonds. The van der Waals surface area contributed by atoms with E-state index in [1.807, 2.05) is 52.0 Å². The van der Waals surface area contributed by atoms with Crippen LogP contribution in [0.4, 0.5) is 0 Å². The summed E-state index contributed by atoms with van der Waals surface area (Å²) in [5, 5.41) is 18.8. The smallest absolute Gasteiger partial charge is 0.326 e. The molecule has 1 heterocycles. The molecule has 10 nitrogen and oxygen atoms in total. The Labute approximate surface area is 224 Å². The number of H-pyrrole nitrogens is 1. The lowest BCUT2D eigenvalue weighted by molar-refractivity contribution is -0.142. The summed E-state index contributed by atoms with van der Waals surface area (Å²) in [7, 11) is 0. The zero-order valence-electron chi connectivity index (χ0n) is 23.2. The van der Waals surface area contributed by atoms with E-state index in [0.717, 1.165) is 16.5 Å². The van der Waals surface area contributed by atoms with Crippen molar-refractivity contribution in [3.63, 3.8) is 0 Å². The third-order valence-electron chi connectivity index (χ3n) is 6.82. The Kier molecular flexibility index (Phi) is 11.3. The van der Waals surface area contributed by atoms with Crippen LogP contribution in [-0.2, 0) is 25.6 Å². The number of hydrogen-bond donors (Lipinski definition) is 6. The minimum absolute atomic E-state index is 0.0726. The Hall–Kier alpha value is -3.40. The van der Waals surface area contributed by atoms with Gasteiger partial charge < -0.3 is 31.8 Å². The van der Waals surface area contributed by atoms with Crippen LogP contribution in [0.2, 0.25) is 0 Å². The van der Waals surface area contributed by atoms with Crippen LogP contribution in [0.3, 0.4) is 0 Å². The number of amides is 3. The average molecular weight is 530 g/mol. The van der Waals surface area contributed by atoms with Crippen molar-refractivity contribution in [2.24, 2.45) is 23.5 Å². The van der Waals surface area contributed by atoms with Crippen LogP contribution in [0, 0.1) is 17.8 Å². The molecule has 38 heavy (non-hydrogen) atoms. The molecule has 5 atom stereocenters. The van der Waals surface area contributed by atoms with Gasteiger partial charge in [-0.3, -0.25) is 14.4 Å². The Balaban J connectivity index is 2.16. The zero-order chi connectivity index (χ0) is 28.6. The van der Waals surface area contributed by atoms with Gasteiger partial charge in [0.05, 0.1) is 6.04 Å². The second kappa shape index (κ2) is 13.9. The first kappa shape index (κ1) is 30.8. The number of aromatic amines is 1. The fraction of sp³-hybridized carbons (Fsp3) is 0.571. The first-order chi connectivity index (χ1) is 17.8. The molecule has 1 aromatic carbocycles. The van der Waals surface area contributed by atoms with Crippen molar-refractivity contribution in [1.82, 2.24) is 20.9 Å². The zero-order valence-corrected chi connectivity index (χ0v) is 23.2. The van der Waals surface area contributed by atoms with Gasteiger partial charge in [-0.2, -0.15) is 0 Å². The summed E-state index contributed by atoms with van der Waals surface area (Å²) in [6.07, 6.45) is 2.90. The number of carboxylic acids is 1. The van der Waals surface area contributed by atoms with E-state index in [-0.39, 0.29) is 24.2 Å². The topological polar surface area (TPSA) is 166 Å². The minimum atomic E-state index is -1.20.